The second-order valence-electron chi connectivity index (χ2n) is 6.60. The first-order valence-corrected chi connectivity index (χ1v) is 10.1. The number of rotatable bonds is 5. The smallest absolute Gasteiger partial charge is 0.211 e. The van der Waals surface area contributed by atoms with Crippen LogP contribution in [0.25, 0.3) is 0 Å². The average Bonchev–Trinajstić information content (AvgIpc) is 2.69. The third kappa shape index (κ3) is 4.15. The van der Waals surface area contributed by atoms with Crippen LogP contribution in [0.3, 0.4) is 0 Å². The maximum atomic E-state index is 13.1. The van der Waals surface area contributed by atoms with Crippen molar-refractivity contribution in [3.05, 3.63) is 69.0 Å². The lowest BCUT2D eigenvalue weighted by Gasteiger charge is -2.24. The van der Waals surface area contributed by atoms with Crippen LogP contribution in [-0.2, 0) is 4.79 Å². The molecule has 0 aliphatic heterocycles. The Kier molecular flexibility index (Phi) is 6.39. The van der Waals surface area contributed by atoms with E-state index in [0.29, 0.717) is 35.5 Å². The molecule has 1 aliphatic carbocycles. The number of hydrogen-bond donors (Lipinski definition) is 4. The Labute approximate surface area is 183 Å². The molecule has 0 heterocycles. The van der Waals surface area contributed by atoms with E-state index >= 15 is 0 Å². The minimum Gasteiger partial charge on any atom is -0.508 e. The van der Waals surface area contributed by atoms with Crippen LogP contribution in [0.15, 0.2) is 64.0 Å². The molecule has 0 aromatic heterocycles. The van der Waals surface area contributed by atoms with Crippen LogP contribution < -0.4 is 5.32 Å². The fourth-order valence-corrected chi connectivity index (χ4v) is 3.61. The van der Waals surface area contributed by atoms with Gasteiger partial charge in [0.2, 0.25) is 5.78 Å². The Morgan fingerprint density at radius 2 is 1.50 bits per heavy atom. The topological polar surface area (TPSA) is 102 Å². The molecule has 0 amide bonds. The summed E-state index contributed by atoms with van der Waals surface area (Å²) in [7, 11) is 0. The number of halogens is 2. The fourth-order valence-electron chi connectivity index (χ4n) is 3.17. The minimum absolute atomic E-state index is 0.00676. The van der Waals surface area contributed by atoms with E-state index in [0.717, 1.165) is 0 Å². The van der Waals surface area contributed by atoms with Crippen LogP contribution in [-0.4, -0.2) is 26.8 Å². The molecule has 3 rings (SSSR count). The SMILES string of the molecule is CCC1=C(O)C(Nc2ccc(O)cc2Cl)=C(CC)C(=Nc2ccc(O)cc2Cl)C1=O. The first kappa shape index (κ1) is 21.7. The van der Waals surface area contributed by atoms with Crippen molar-refractivity contribution >= 4 is 46.1 Å². The van der Waals surface area contributed by atoms with Crippen molar-refractivity contribution in [2.45, 2.75) is 26.7 Å². The molecule has 8 heteroatoms. The van der Waals surface area contributed by atoms with Crippen molar-refractivity contribution in [3.8, 4) is 11.5 Å². The summed E-state index contributed by atoms with van der Waals surface area (Å²) >= 11 is 12.4. The highest BCUT2D eigenvalue weighted by Crippen LogP contribution is 2.35. The van der Waals surface area contributed by atoms with Crippen LogP contribution in [0.5, 0.6) is 11.5 Å². The molecular formula is C22H20Cl2N2O4. The molecule has 0 radical (unpaired) electrons. The highest BCUT2D eigenvalue weighted by atomic mass is 35.5. The highest BCUT2D eigenvalue weighted by molar-refractivity contribution is 6.53. The molecule has 0 saturated carbocycles. The zero-order chi connectivity index (χ0) is 22.0. The number of hydrogen-bond acceptors (Lipinski definition) is 6. The second kappa shape index (κ2) is 8.81. The van der Waals surface area contributed by atoms with Gasteiger partial charge in [-0.25, -0.2) is 4.99 Å². The summed E-state index contributed by atoms with van der Waals surface area (Å²) in [6.45, 7) is 3.59. The number of anilines is 1. The van der Waals surface area contributed by atoms with Gasteiger partial charge < -0.3 is 20.6 Å². The van der Waals surface area contributed by atoms with Gasteiger partial charge in [0.1, 0.15) is 23.0 Å². The zero-order valence-corrected chi connectivity index (χ0v) is 17.8. The largest absolute Gasteiger partial charge is 0.508 e. The lowest BCUT2D eigenvalue weighted by Crippen LogP contribution is -2.28. The normalized spacial score (nSPS) is 15.9. The van der Waals surface area contributed by atoms with Gasteiger partial charge in [0.25, 0.3) is 0 Å². The Balaban J connectivity index is 2.19. The molecule has 2 aromatic carbocycles. The summed E-state index contributed by atoms with van der Waals surface area (Å²) in [6.07, 6.45) is 0.678. The number of carbonyl (C=O) groups is 1. The molecule has 1 aliphatic rings. The number of ketones is 1. The van der Waals surface area contributed by atoms with Gasteiger partial charge in [0, 0.05) is 23.3 Å². The number of aliphatic hydroxyl groups excluding tert-OH is 1. The van der Waals surface area contributed by atoms with E-state index in [9.17, 15) is 20.1 Å². The van der Waals surface area contributed by atoms with Crippen molar-refractivity contribution in [3.63, 3.8) is 0 Å². The first-order valence-electron chi connectivity index (χ1n) is 9.30. The third-order valence-corrected chi connectivity index (χ3v) is 5.30. The molecule has 4 N–H and O–H groups in total. The van der Waals surface area contributed by atoms with Crippen molar-refractivity contribution in [1.82, 2.24) is 0 Å². The number of aliphatic hydroxyl groups is 1. The number of benzene rings is 2. The number of phenols is 2. The standard InChI is InChI=1S/C22H20Cl2N2O4/c1-3-13-19(25-17-7-5-11(27)9-15(17)23)21(29)14(4-2)22(30)20(13)26-18-8-6-12(28)10-16(18)24/h5-10,25,27-29H,3-4H2,1-2H3. The van der Waals surface area contributed by atoms with E-state index < -0.39 is 5.78 Å². The monoisotopic (exact) mass is 446 g/mol. The van der Waals surface area contributed by atoms with Crippen molar-refractivity contribution in [2.75, 3.05) is 5.32 Å². The number of nitrogens with zero attached hydrogens (tertiary/aromatic N) is 1. The molecule has 0 bridgehead atoms. The number of nitrogens with one attached hydrogen (secondary N) is 1. The van der Waals surface area contributed by atoms with Crippen LogP contribution in [0.1, 0.15) is 26.7 Å². The highest BCUT2D eigenvalue weighted by Gasteiger charge is 2.32. The number of aliphatic imine (C=N–C) groups is 1. The lowest BCUT2D eigenvalue weighted by atomic mass is 9.88. The zero-order valence-electron chi connectivity index (χ0n) is 16.3. The maximum Gasteiger partial charge on any atom is 0.211 e. The molecule has 156 valence electrons. The van der Waals surface area contributed by atoms with Crippen LogP contribution in [0.2, 0.25) is 10.0 Å². The van der Waals surface area contributed by atoms with Gasteiger partial charge in [0.15, 0.2) is 0 Å². The predicted octanol–water partition coefficient (Wildman–Crippen LogP) is 6.06. The van der Waals surface area contributed by atoms with Crippen LogP contribution in [0, 0.1) is 0 Å². The van der Waals surface area contributed by atoms with E-state index in [4.69, 9.17) is 23.2 Å². The summed E-state index contributed by atoms with van der Waals surface area (Å²) in [5.74, 6) is -0.564. The molecule has 0 fully saturated rings. The minimum atomic E-state index is -0.390. The molecule has 2 aromatic rings. The molecule has 0 saturated heterocycles. The van der Waals surface area contributed by atoms with Gasteiger partial charge in [-0.15, -0.1) is 0 Å². The Hall–Kier alpha value is -2.96. The van der Waals surface area contributed by atoms with E-state index in [1.54, 1.807) is 13.0 Å². The quantitative estimate of drug-likeness (QED) is 0.330. The maximum absolute atomic E-state index is 13.1. The van der Waals surface area contributed by atoms with E-state index in [1.807, 2.05) is 6.92 Å². The second-order valence-corrected chi connectivity index (χ2v) is 7.42. The Morgan fingerprint density at radius 3 is 2.07 bits per heavy atom. The van der Waals surface area contributed by atoms with Gasteiger partial charge in [-0.2, -0.15) is 0 Å². The predicted molar refractivity (Wildman–Crippen MR) is 119 cm³/mol. The summed E-state index contributed by atoms with van der Waals surface area (Å²) in [6, 6.07) is 8.68. The molecule has 0 unspecified atom stereocenters. The number of Topliss-reactive ketones (excluding diaryl/α,β-unsaturated/α-hetero) is 1. The van der Waals surface area contributed by atoms with Gasteiger partial charge in [-0.05, 0) is 37.1 Å². The third-order valence-electron chi connectivity index (χ3n) is 4.68. The first-order chi connectivity index (χ1) is 14.3. The molecule has 0 atom stereocenters. The summed E-state index contributed by atoms with van der Waals surface area (Å²) < 4.78 is 0. The van der Waals surface area contributed by atoms with E-state index in [1.165, 1.54) is 30.3 Å². The van der Waals surface area contributed by atoms with Gasteiger partial charge in [-0.3, -0.25) is 4.79 Å². The van der Waals surface area contributed by atoms with Gasteiger partial charge >= 0.3 is 0 Å². The lowest BCUT2D eigenvalue weighted by molar-refractivity contribution is -0.110. The summed E-state index contributed by atoms with van der Waals surface area (Å²) in [5.41, 5.74) is 1.94. The number of allylic oxidation sites excluding steroid dienone is 2. The number of carbonyl (C=O) groups excluding carboxylic acids is 1. The van der Waals surface area contributed by atoms with Gasteiger partial charge in [0.05, 0.1) is 27.1 Å². The van der Waals surface area contributed by atoms with E-state index in [-0.39, 0.29) is 38.6 Å². The Bertz CT molecular complexity index is 1120. The molecular weight excluding hydrogens is 427 g/mol. The fraction of sp³-hybridized carbons (Fsp3) is 0.182. The molecule has 6 nitrogen and oxygen atoms in total. The average molecular weight is 447 g/mol. The van der Waals surface area contributed by atoms with Crippen LogP contribution in [0.4, 0.5) is 11.4 Å². The Morgan fingerprint density at radius 1 is 0.900 bits per heavy atom. The van der Waals surface area contributed by atoms with Crippen LogP contribution >= 0.6 is 23.2 Å². The molecule has 0 spiro atoms. The summed E-state index contributed by atoms with van der Waals surface area (Å²) in [4.78, 5) is 17.5. The summed E-state index contributed by atoms with van der Waals surface area (Å²) in [5, 5.41) is 33.5. The number of phenolic OH excluding ortho intramolecular Hbond substituents is 2. The van der Waals surface area contributed by atoms with Crippen molar-refractivity contribution in [1.29, 1.82) is 0 Å². The van der Waals surface area contributed by atoms with Crippen molar-refractivity contribution < 1.29 is 20.1 Å². The van der Waals surface area contributed by atoms with Crippen molar-refractivity contribution in [2.24, 2.45) is 4.99 Å². The molecule has 30 heavy (non-hydrogen) atoms. The van der Waals surface area contributed by atoms with Gasteiger partial charge in [-0.1, -0.05) is 37.0 Å². The number of aromatic hydroxyl groups is 2. The van der Waals surface area contributed by atoms with E-state index in [2.05, 4.69) is 10.3 Å².